The lowest BCUT2D eigenvalue weighted by atomic mass is 10.0. The van der Waals surface area contributed by atoms with Gasteiger partial charge in [0.2, 0.25) is 0 Å². The van der Waals surface area contributed by atoms with Crippen molar-refractivity contribution < 1.29 is 34.1 Å². The third-order valence-corrected chi connectivity index (χ3v) is 6.28. The number of rotatable bonds is 9. The molecule has 2 fully saturated rings. The lowest BCUT2D eigenvalue weighted by Gasteiger charge is -2.31. The van der Waals surface area contributed by atoms with Crippen LogP contribution in [0.1, 0.15) is 23.6 Å². The fraction of sp³-hybridized carbons (Fsp3) is 0.370. The van der Waals surface area contributed by atoms with Crippen molar-refractivity contribution in [1.82, 2.24) is 9.80 Å². The fourth-order valence-electron chi connectivity index (χ4n) is 4.24. The van der Waals surface area contributed by atoms with Crippen molar-refractivity contribution in [3.05, 3.63) is 82.9 Å². The Morgan fingerprint density at radius 2 is 1.62 bits per heavy atom. The summed E-state index contributed by atoms with van der Waals surface area (Å²) in [4.78, 5) is 36.2. The summed E-state index contributed by atoms with van der Waals surface area (Å²) in [5.74, 6) is -2.51. The Hall–Kier alpha value is -3.40. The molecule has 37 heavy (non-hydrogen) atoms. The van der Waals surface area contributed by atoms with Gasteiger partial charge in [0.05, 0.1) is 25.8 Å². The standard InChI is InChI=1S/C23H27ClN2O3.C4H4O4/c24-20-8-6-18(7-9-20)16-21-17-26(23(27)29-21)22(19-4-2-1-3-5-19)10-11-25-12-14-28-15-13-25;5-3(6)1-2-4(7)8/h1-9,21-22H,10-17H2;1-2H,(H,5,6)(H,7,8)/b;2-1+. The maximum absolute atomic E-state index is 12.7. The number of aliphatic carboxylic acids is 2. The number of hydrogen-bond donors (Lipinski definition) is 2. The van der Waals surface area contributed by atoms with E-state index in [0.29, 0.717) is 30.1 Å². The molecule has 2 aromatic rings. The zero-order valence-electron chi connectivity index (χ0n) is 20.4. The van der Waals surface area contributed by atoms with Crippen LogP contribution >= 0.6 is 11.6 Å². The third-order valence-electron chi connectivity index (χ3n) is 6.03. The highest BCUT2D eigenvalue weighted by molar-refractivity contribution is 6.30. The van der Waals surface area contributed by atoms with Crippen molar-refractivity contribution in [3.63, 3.8) is 0 Å². The number of benzene rings is 2. The summed E-state index contributed by atoms with van der Waals surface area (Å²) >= 11 is 5.98. The summed E-state index contributed by atoms with van der Waals surface area (Å²) in [5.41, 5.74) is 2.28. The number of amides is 1. The zero-order valence-corrected chi connectivity index (χ0v) is 21.1. The van der Waals surface area contributed by atoms with Crippen LogP contribution in [0, 0.1) is 0 Å². The van der Waals surface area contributed by atoms with Gasteiger partial charge in [0.1, 0.15) is 6.10 Å². The molecule has 10 heteroatoms. The van der Waals surface area contributed by atoms with E-state index in [4.69, 9.17) is 31.3 Å². The minimum atomic E-state index is -1.26. The van der Waals surface area contributed by atoms with Crippen LogP contribution in [-0.2, 0) is 25.5 Å². The summed E-state index contributed by atoms with van der Waals surface area (Å²) in [5, 5.41) is 16.3. The van der Waals surface area contributed by atoms with Gasteiger partial charge in [-0.3, -0.25) is 9.80 Å². The highest BCUT2D eigenvalue weighted by atomic mass is 35.5. The summed E-state index contributed by atoms with van der Waals surface area (Å²) in [6, 6.07) is 18.0. The molecule has 2 N–H and O–H groups in total. The molecule has 1 amide bonds. The van der Waals surface area contributed by atoms with Crippen LogP contribution in [0.2, 0.25) is 5.02 Å². The monoisotopic (exact) mass is 530 g/mol. The van der Waals surface area contributed by atoms with Crippen molar-refractivity contribution >= 4 is 29.6 Å². The van der Waals surface area contributed by atoms with E-state index in [1.165, 1.54) is 0 Å². The molecule has 0 spiro atoms. The lowest BCUT2D eigenvalue weighted by molar-refractivity contribution is -0.134. The highest BCUT2D eigenvalue weighted by Crippen LogP contribution is 2.30. The third kappa shape index (κ3) is 9.53. The molecule has 0 aromatic heterocycles. The summed E-state index contributed by atoms with van der Waals surface area (Å²) in [6.07, 6.45) is 2.33. The van der Waals surface area contributed by atoms with Gasteiger partial charge in [-0.2, -0.15) is 0 Å². The SMILES string of the molecule is O=C(O)/C=C/C(=O)O.O=C1OC(Cc2ccc(Cl)cc2)CN1C(CCN1CCOCC1)c1ccccc1. The first-order chi connectivity index (χ1) is 17.8. The van der Waals surface area contributed by atoms with Crippen molar-refractivity contribution in [1.29, 1.82) is 0 Å². The van der Waals surface area contributed by atoms with Gasteiger partial charge in [0.15, 0.2) is 0 Å². The molecular formula is C27H31ClN2O7. The molecule has 2 atom stereocenters. The second kappa shape index (κ2) is 14.4. The number of morpholine rings is 1. The predicted molar refractivity (Wildman–Crippen MR) is 138 cm³/mol. The topological polar surface area (TPSA) is 117 Å². The number of carbonyl (C=O) groups is 3. The molecule has 2 heterocycles. The second-order valence-corrected chi connectivity index (χ2v) is 9.10. The van der Waals surface area contributed by atoms with Crippen LogP contribution in [0.4, 0.5) is 4.79 Å². The van der Waals surface area contributed by atoms with Gasteiger partial charge in [-0.15, -0.1) is 0 Å². The van der Waals surface area contributed by atoms with Crippen molar-refractivity contribution in [2.45, 2.75) is 25.0 Å². The number of carboxylic acid groups (broad SMARTS) is 2. The van der Waals surface area contributed by atoms with E-state index in [1.807, 2.05) is 47.4 Å². The normalized spacial score (nSPS) is 18.7. The molecule has 0 saturated carbocycles. The van der Waals surface area contributed by atoms with Gasteiger partial charge in [0.25, 0.3) is 0 Å². The van der Waals surface area contributed by atoms with Gasteiger partial charge in [0, 0.05) is 43.2 Å². The molecule has 2 aliphatic heterocycles. The predicted octanol–water partition coefficient (Wildman–Crippen LogP) is 3.88. The Balaban J connectivity index is 0.000000414. The molecule has 9 nitrogen and oxygen atoms in total. The Morgan fingerprint density at radius 3 is 2.22 bits per heavy atom. The summed E-state index contributed by atoms with van der Waals surface area (Å²) in [7, 11) is 0. The minimum absolute atomic E-state index is 0.0155. The average Bonchev–Trinajstić information content (AvgIpc) is 3.25. The van der Waals surface area contributed by atoms with Crippen molar-refractivity contribution in [2.75, 3.05) is 39.4 Å². The van der Waals surface area contributed by atoms with E-state index in [2.05, 4.69) is 17.0 Å². The zero-order chi connectivity index (χ0) is 26.6. The van der Waals surface area contributed by atoms with E-state index in [9.17, 15) is 14.4 Å². The van der Waals surface area contributed by atoms with Crippen molar-refractivity contribution in [3.8, 4) is 0 Å². The molecule has 2 saturated heterocycles. The first kappa shape index (κ1) is 28.2. The first-order valence-electron chi connectivity index (χ1n) is 12.0. The molecule has 4 rings (SSSR count). The van der Waals surface area contributed by atoms with Crippen LogP contribution in [0.3, 0.4) is 0 Å². The number of hydrogen-bond acceptors (Lipinski definition) is 6. The van der Waals surface area contributed by atoms with Gasteiger partial charge in [-0.25, -0.2) is 14.4 Å². The van der Waals surface area contributed by atoms with Crippen LogP contribution in [0.15, 0.2) is 66.7 Å². The smallest absolute Gasteiger partial charge is 0.410 e. The first-order valence-corrected chi connectivity index (χ1v) is 12.4. The van der Waals surface area contributed by atoms with Gasteiger partial charge in [-0.1, -0.05) is 54.1 Å². The van der Waals surface area contributed by atoms with Gasteiger partial charge in [-0.05, 0) is 29.7 Å². The van der Waals surface area contributed by atoms with Crippen LogP contribution in [0.5, 0.6) is 0 Å². The fourth-order valence-corrected chi connectivity index (χ4v) is 4.36. The van der Waals surface area contributed by atoms with Crippen LogP contribution < -0.4 is 0 Å². The van der Waals surface area contributed by atoms with E-state index in [-0.39, 0.29) is 18.2 Å². The number of halogens is 1. The van der Waals surface area contributed by atoms with Crippen LogP contribution in [-0.4, -0.2) is 83.5 Å². The number of carboxylic acids is 2. The molecule has 0 radical (unpaired) electrons. The van der Waals surface area contributed by atoms with E-state index in [0.717, 1.165) is 50.4 Å². The Labute approximate surface area is 220 Å². The van der Waals surface area contributed by atoms with Crippen molar-refractivity contribution in [2.24, 2.45) is 0 Å². The van der Waals surface area contributed by atoms with Gasteiger partial charge < -0.3 is 19.7 Å². The molecule has 2 unspecified atom stereocenters. The maximum Gasteiger partial charge on any atom is 0.410 e. The maximum atomic E-state index is 12.7. The minimum Gasteiger partial charge on any atom is -0.478 e. The molecule has 0 aliphatic carbocycles. The van der Waals surface area contributed by atoms with E-state index < -0.39 is 11.9 Å². The average molecular weight is 531 g/mol. The quantitative estimate of drug-likeness (QED) is 0.469. The van der Waals surface area contributed by atoms with Gasteiger partial charge >= 0.3 is 18.0 Å². The second-order valence-electron chi connectivity index (χ2n) is 8.67. The lowest BCUT2D eigenvalue weighted by Crippen LogP contribution is -2.39. The molecule has 0 bridgehead atoms. The number of ether oxygens (including phenoxy) is 2. The summed E-state index contributed by atoms with van der Waals surface area (Å²) < 4.78 is 11.2. The largest absolute Gasteiger partial charge is 0.478 e. The number of carbonyl (C=O) groups excluding carboxylic acids is 1. The summed E-state index contributed by atoms with van der Waals surface area (Å²) in [6.45, 7) is 5.00. The van der Waals surface area contributed by atoms with E-state index in [1.54, 1.807) is 0 Å². The highest BCUT2D eigenvalue weighted by Gasteiger charge is 2.36. The Bertz CT molecular complexity index is 1040. The van der Waals surface area contributed by atoms with E-state index >= 15 is 0 Å². The number of nitrogens with zero attached hydrogens (tertiary/aromatic N) is 2. The van der Waals surface area contributed by atoms with Crippen LogP contribution in [0.25, 0.3) is 0 Å². The molecule has 2 aliphatic rings. The Morgan fingerprint density at radius 1 is 1.00 bits per heavy atom. The molecule has 198 valence electrons. The Kier molecular flexibility index (Phi) is 10.9. The number of cyclic esters (lactones) is 1. The molecule has 2 aromatic carbocycles. The molecular weight excluding hydrogens is 500 g/mol.